The van der Waals surface area contributed by atoms with Crippen molar-refractivity contribution in [1.29, 1.82) is 0 Å². The van der Waals surface area contributed by atoms with Crippen LogP contribution < -0.4 is 5.32 Å². The van der Waals surface area contributed by atoms with Crippen molar-refractivity contribution in [3.05, 3.63) is 12.2 Å². The van der Waals surface area contributed by atoms with Gasteiger partial charge in [-0.1, -0.05) is 167 Å². The van der Waals surface area contributed by atoms with Gasteiger partial charge in [-0.05, 0) is 19.3 Å². The first-order valence-corrected chi connectivity index (χ1v) is 16.8. The number of hydrogen-bond donors (Lipinski definition) is 2. The van der Waals surface area contributed by atoms with E-state index in [2.05, 4.69) is 19.2 Å². The fourth-order valence-electron chi connectivity index (χ4n) is 5.08. The number of amides is 1. The molecule has 0 bridgehead atoms. The second-order valence-corrected chi connectivity index (χ2v) is 11.5. The summed E-state index contributed by atoms with van der Waals surface area (Å²) in [6.07, 6.45) is 35.4. The Labute approximate surface area is 238 Å². The molecule has 0 aromatic carbocycles. The number of carbonyl (C=O) groups excluding carboxylic acids is 1. The molecular weight excluding hydrogens is 470 g/mol. The van der Waals surface area contributed by atoms with Crippen LogP contribution in [0.15, 0.2) is 12.2 Å². The fourth-order valence-corrected chi connectivity index (χ4v) is 5.08. The summed E-state index contributed by atoms with van der Waals surface area (Å²) < 4.78 is 5.33. The molecule has 2 atom stereocenters. The standard InChI is InChI=1S/C34H67NO3/c1-4-6-8-10-12-14-16-18-20-22-24-26-28-30-32(36)34(38-3)35-33(37)31-29-27-25-23-21-19-17-15-13-11-9-7-5-2/h28,30,32,34,36H,4-27,29,31H2,1-3H3,(H,35,37)/b30-28+/t32-,34+/m1/s1. The molecule has 38 heavy (non-hydrogen) atoms. The Kier molecular flexibility index (Phi) is 30.0. The number of nitrogens with one attached hydrogen (secondary N) is 1. The Morgan fingerprint density at radius 3 is 1.39 bits per heavy atom. The maximum Gasteiger partial charge on any atom is 0.222 e. The maximum atomic E-state index is 12.3. The van der Waals surface area contributed by atoms with Gasteiger partial charge in [0.1, 0.15) is 6.10 Å². The molecule has 0 aliphatic rings. The highest BCUT2D eigenvalue weighted by atomic mass is 16.5. The van der Waals surface area contributed by atoms with E-state index >= 15 is 0 Å². The summed E-state index contributed by atoms with van der Waals surface area (Å²) in [5.74, 6) is -0.0299. The molecule has 0 fully saturated rings. The first kappa shape index (κ1) is 37.1. The van der Waals surface area contributed by atoms with Gasteiger partial charge in [-0.25, -0.2) is 0 Å². The second kappa shape index (κ2) is 30.7. The molecule has 0 saturated heterocycles. The molecule has 4 heteroatoms. The number of rotatable bonds is 30. The highest BCUT2D eigenvalue weighted by molar-refractivity contribution is 5.76. The SMILES string of the molecule is CCCCCCCCCCCCC/C=C/[C@@H](O)[C@@H](NC(=O)CCCCCCCCCCCCCCC)OC. The number of ether oxygens (including phenoxy) is 1. The van der Waals surface area contributed by atoms with Crippen LogP contribution in [0.5, 0.6) is 0 Å². The van der Waals surface area contributed by atoms with Crippen molar-refractivity contribution >= 4 is 5.91 Å². The molecule has 2 N–H and O–H groups in total. The fraction of sp³-hybridized carbons (Fsp3) is 0.912. The number of allylic oxidation sites excluding steroid dienone is 1. The summed E-state index contributed by atoms with van der Waals surface area (Å²) in [6, 6.07) is 0. The van der Waals surface area contributed by atoms with Crippen molar-refractivity contribution < 1.29 is 14.6 Å². The third-order valence-corrected chi connectivity index (χ3v) is 7.68. The number of carbonyl (C=O) groups is 1. The summed E-state index contributed by atoms with van der Waals surface area (Å²) in [5.41, 5.74) is 0. The topological polar surface area (TPSA) is 58.6 Å². The van der Waals surface area contributed by atoms with Gasteiger partial charge in [0.15, 0.2) is 6.23 Å². The largest absolute Gasteiger partial charge is 0.384 e. The van der Waals surface area contributed by atoms with E-state index in [0.29, 0.717) is 6.42 Å². The van der Waals surface area contributed by atoms with Gasteiger partial charge >= 0.3 is 0 Å². The van der Waals surface area contributed by atoms with E-state index in [1.165, 1.54) is 142 Å². The molecule has 0 rings (SSSR count). The van der Waals surface area contributed by atoms with Crippen LogP contribution in [-0.2, 0) is 9.53 Å². The molecule has 0 saturated carbocycles. The molecule has 4 nitrogen and oxygen atoms in total. The van der Waals surface area contributed by atoms with Crippen LogP contribution in [0.4, 0.5) is 0 Å². The van der Waals surface area contributed by atoms with Crippen LogP contribution in [-0.4, -0.2) is 30.5 Å². The highest BCUT2D eigenvalue weighted by Gasteiger charge is 2.18. The van der Waals surface area contributed by atoms with Crippen LogP contribution in [0.3, 0.4) is 0 Å². The normalized spacial score (nSPS) is 13.3. The zero-order chi connectivity index (χ0) is 27.9. The molecule has 0 spiro atoms. The molecule has 0 radical (unpaired) electrons. The van der Waals surface area contributed by atoms with Gasteiger partial charge in [0, 0.05) is 13.5 Å². The molecule has 226 valence electrons. The number of unbranched alkanes of at least 4 members (excludes halogenated alkanes) is 23. The van der Waals surface area contributed by atoms with Crippen molar-refractivity contribution in [2.24, 2.45) is 0 Å². The van der Waals surface area contributed by atoms with Gasteiger partial charge in [-0.15, -0.1) is 0 Å². The van der Waals surface area contributed by atoms with E-state index in [4.69, 9.17) is 4.74 Å². The van der Waals surface area contributed by atoms with Crippen LogP contribution in [0, 0.1) is 0 Å². The van der Waals surface area contributed by atoms with E-state index in [0.717, 1.165) is 25.7 Å². The zero-order valence-corrected chi connectivity index (χ0v) is 26.0. The third-order valence-electron chi connectivity index (χ3n) is 7.68. The van der Waals surface area contributed by atoms with Crippen molar-refractivity contribution in [2.75, 3.05) is 7.11 Å². The predicted molar refractivity (Wildman–Crippen MR) is 165 cm³/mol. The average Bonchev–Trinajstić information content (AvgIpc) is 2.92. The van der Waals surface area contributed by atoms with Gasteiger partial charge in [0.05, 0.1) is 0 Å². The van der Waals surface area contributed by atoms with Crippen LogP contribution in [0.1, 0.15) is 181 Å². The Balaban J connectivity index is 3.63. The van der Waals surface area contributed by atoms with Crippen LogP contribution in [0.2, 0.25) is 0 Å². The Bertz CT molecular complexity index is 508. The quantitative estimate of drug-likeness (QED) is 0.0544. The van der Waals surface area contributed by atoms with Crippen molar-refractivity contribution in [3.8, 4) is 0 Å². The second-order valence-electron chi connectivity index (χ2n) is 11.5. The smallest absolute Gasteiger partial charge is 0.222 e. The first-order valence-electron chi connectivity index (χ1n) is 16.8. The summed E-state index contributed by atoms with van der Waals surface area (Å²) in [7, 11) is 1.54. The van der Waals surface area contributed by atoms with Gasteiger partial charge in [0.25, 0.3) is 0 Å². The summed E-state index contributed by atoms with van der Waals surface area (Å²) in [6.45, 7) is 4.54. The summed E-state index contributed by atoms with van der Waals surface area (Å²) in [4.78, 5) is 12.3. The van der Waals surface area contributed by atoms with E-state index in [9.17, 15) is 9.90 Å². The zero-order valence-electron chi connectivity index (χ0n) is 26.0. The minimum atomic E-state index is -0.802. The van der Waals surface area contributed by atoms with Gasteiger partial charge in [0.2, 0.25) is 5.91 Å². The summed E-state index contributed by atoms with van der Waals surface area (Å²) >= 11 is 0. The lowest BCUT2D eigenvalue weighted by atomic mass is 10.0. The lowest BCUT2D eigenvalue weighted by Gasteiger charge is -2.20. The Morgan fingerprint density at radius 2 is 1.00 bits per heavy atom. The average molecular weight is 538 g/mol. The number of hydrogen-bond acceptors (Lipinski definition) is 3. The maximum absolute atomic E-state index is 12.3. The number of methoxy groups -OCH3 is 1. The van der Waals surface area contributed by atoms with E-state index in [1.54, 1.807) is 6.08 Å². The van der Waals surface area contributed by atoms with E-state index < -0.39 is 12.3 Å². The van der Waals surface area contributed by atoms with Crippen LogP contribution >= 0.6 is 0 Å². The molecular formula is C34H67NO3. The molecule has 0 heterocycles. The Morgan fingerprint density at radius 1 is 0.632 bits per heavy atom. The number of aliphatic hydroxyl groups excluding tert-OH is 1. The monoisotopic (exact) mass is 538 g/mol. The number of aliphatic hydroxyl groups is 1. The molecule has 0 unspecified atom stereocenters. The van der Waals surface area contributed by atoms with Crippen molar-refractivity contribution in [2.45, 2.75) is 193 Å². The molecule has 0 aromatic rings. The lowest BCUT2D eigenvalue weighted by molar-refractivity contribution is -0.127. The molecule has 0 aromatic heterocycles. The van der Waals surface area contributed by atoms with E-state index in [-0.39, 0.29) is 5.91 Å². The summed E-state index contributed by atoms with van der Waals surface area (Å²) in [5, 5.41) is 13.2. The highest BCUT2D eigenvalue weighted by Crippen LogP contribution is 2.14. The van der Waals surface area contributed by atoms with Gasteiger partial charge in [-0.2, -0.15) is 0 Å². The van der Waals surface area contributed by atoms with Gasteiger partial charge in [-0.3, -0.25) is 4.79 Å². The van der Waals surface area contributed by atoms with Gasteiger partial charge < -0.3 is 15.2 Å². The minimum absolute atomic E-state index is 0.0299. The molecule has 1 amide bonds. The molecule has 0 aliphatic carbocycles. The molecule has 0 aliphatic heterocycles. The third kappa shape index (κ3) is 26.7. The predicted octanol–water partition coefficient (Wildman–Crippen LogP) is 10.2. The lowest BCUT2D eigenvalue weighted by Crippen LogP contribution is -2.43. The first-order chi connectivity index (χ1) is 18.7. The van der Waals surface area contributed by atoms with Crippen molar-refractivity contribution in [1.82, 2.24) is 5.32 Å². The van der Waals surface area contributed by atoms with Crippen LogP contribution in [0.25, 0.3) is 0 Å². The Hall–Kier alpha value is -0.870. The van der Waals surface area contributed by atoms with E-state index in [1.807, 2.05) is 6.08 Å². The minimum Gasteiger partial charge on any atom is -0.384 e. The van der Waals surface area contributed by atoms with Crippen molar-refractivity contribution in [3.63, 3.8) is 0 Å².